The molecule has 314 valence electrons. The highest BCUT2D eigenvalue weighted by atomic mass is 16.2. The maximum Gasteiger partial charge on any atom is 0.245 e. The van der Waals surface area contributed by atoms with Crippen molar-refractivity contribution in [3.8, 4) is 0 Å². The van der Waals surface area contributed by atoms with Gasteiger partial charge in [-0.15, -0.1) is 0 Å². The van der Waals surface area contributed by atoms with Crippen molar-refractivity contribution in [3.05, 3.63) is 71.8 Å². The first kappa shape index (κ1) is 47.8. The molecule has 57 heavy (non-hydrogen) atoms. The van der Waals surface area contributed by atoms with Gasteiger partial charge in [0.2, 0.25) is 41.4 Å². The average Bonchev–Trinajstić information content (AvgIpc) is 3.15. The van der Waals surface area contributed by atoms with E-state index in [1.165, 1.54) is 37.7 Å². The molecule has 6 unspecified atom stereocenters. The van der Waals surface area contributed by atoms with Crippen molar-refractivity contribution in [2.75, 3.05) is 20.6 Å². The zero-order chi connectivity index (χ0) is 42.8. The molecule has 0 heterocycles. The molecule has 6 atom stereocenters. The SMILES string of the molecule is CC(=O)NC(CCCCN)C(=O)NC(CC(C)C)C(=O)N(C)C(C(=O)NC(Cc1ccccc1)C(=O)N(C)C(Cc1ccccc1)C(=O)NC(C)C(N)=O)C(C)C. The Labute approximate surface area is 337 Å². The van der Waals surface area contributed by atoms with Crippen LogP contribution in [-0.2, 0) is 46.4 Å². The van der Waals surface area contributed by atoms with Crippen molar-refractivity contribution >= 4 is 41.4 Å². The first-order valence-electron chi connectivity index (χ1n) is 19.7. The van der Waals surface area contributed by atoms with Crippen LogP contribution in [0.3, 0.4) is 0 Å². The van der Waals surface area contributed by atoms with Crippen LogP contribution in [0.4, 0.5) is 0 Å². The fourth-order valence-corrected chi connectivity index (χ4v) is 6.61. The average molecular weight is 793 g/mol. The van der Waals surface area contributed by atoms with E-state index in [2.05, 4.69) is 21.3 Å². The van der Waals surface area contributed by atoms with Gasteiger partial charge in [0.1, 0.15) is 36.3 Å². The third-order valence-electron chi connectivity index (χ3n) is 9.70. The van der Waals surface area contributed by atoms with Crippen LogP contribution in [0, 0.1) is 11.8 Å². The van der Waals surface area contributed by atoms with E-state index < -0.39 is 77.6 Å². The molecule has 0 aliphatic carbocycles. The molecule has 2 rings (SSSR count). The monoisotopic (exact) mass is 792 g/mol. The number of nitrogens with two attached hydrogens (primary N) is 2. The Bertz CT molecular complexity index is 1640. The molecule has 2 aromatic rings. The highest BCUT2D eigenvalue weighted by Gasteiger charge is 2.39. The Morgan fingerprint density at radius 1 is 0.632 bits per heavy atom. The van der Waals surface area contributed by atoms with E-state index in [-0.39, 0.29) is 31.1 Å². The van der Waals surface area contributed by atoms with Gasteiger partial charge in [-0.3, -0.25) is 33.6 Å². The van der Waals surface area contributed by atoms with E-state index in [4.69, 9.17) is 11.5 Å². The number of primary amides is 1. The molecule has 0 spiro atoms. The zero-order valence-corrected chi connectivity index (χ0v) is 34.7. The smallest absolute Gasteiger partial charge is 0.245 e. The van der Waals surface area contributed by atoms with E-state index in [0.29, 0.717) is 25.8 Å². The molecule has 0 fully saturated rings. The largest absolute Gasteiger partial charge is 0.368 e. The quantitative estimate of drug-likeness (QED) is 0.0901. The Kier molecular flexibility index (Phi) is 19.9. The summed E-state index contributed by atoms with van der Waals surface area (Å²) in [5.41, 5.74) is 12.6. The van der Waals surface area contributed by atoms with Gasteiger partial charge in [0.25, 0.3) is 0 Å². The molecule has 0 radical (unpaired) electrons. The van der Waals surface area contributed by atoms with Crippen LogP contribution in [0.2, 0.25) is 0 Å². The van der Waals surface area contributed by atoms with Crippen LogP contribution in [0.5, 0.6) is 0 Å². The molecule has 0 saturated carbocycles. The second kappa shape index (κ2) is 23.7. The molecule has 7 amide bonds. The van der Waals surface area contributed by atoms with Crippen molar-refractivity contribution in [2.45, 2.75) is 116 Å². The third-order valence-corrected chi connectivity index (χ3v) is 9.70. The number of likely N-dealkylation sites (N-methyl/N-ethyl adjacent to an activating group) is 2. The highest BCUT2D eigenvalue weighted by molar-refractivity contribution is 5.97. The molecular weight excluding hydrogens is 729 g/mol. The number of hydrogen-bond acceptors (Lipinski definition) is 8. The van der Waals surface area contributed by atoms with Crippen molar-refractivity contribution < 1.29 is 33.6 Å². The maximum atomic E-state index is 14.5. The van der Waals surface area contributed by atoms with E-state index in [9.17, 15) is 33.6 Å². The first-order valence-corrected chi connectivity index (χ1v) is 19.7. The standard InChI is InChI=1S/C42H64N8O7/c1-26(2)23-33(47-38(53)32(46-29(6)51)21-15-16-22-43)42(57)50(8)36(27(3)4)40(55)48-34(24-30-17-11-9-12-18-30)41(56)49(7)35(25-31-19-13-10-14-20-31)39(54)45-28(5)37(44)52/h9-14,17-20,26-28,32-36H,15-16,21-25,43H2,1-8H3,(H2,44,52)(H,45,54)(H,46,51)(H,47,53)(H,48,55). The topological polar surface area (TPSA) is 226 Å². The summed E-state index contributed by atoms with van der Waals surface area (Å²) in [4.78, 5) is 96.6. The predicted octanol–water partition coefficient (Wildman–Crippen LogP) is 1.42. The lowest BCUT2D eigenvalue weighted by Crippen LogP contribution is -2.61. The van der Waals surface area contributed by atoms with Gasteiger partial charge in [-0.1, -0.05) is 88.4 Å². The number of carbonyl (C=O) groups excluding carboxylic acids is 7. The minimum Gasteiger partial charge on any atom is -0.368 e. The Hall–Kier alpha value is -5.31. The number of nitrogens with one attached hydrogen (secondary N) is 4. The van der Waals surface area contributed by atoms with Crippen molar-refractivity contribution in [3.63, 3.8) is 0 Å². The van der Waals surface area contributed by atoms with Gasteiger partial charge in [0.15, 0.2) is 0 Å². The molecule has 0 aliphatic heterocycles. The number of rotatable bonds is 23. The number of unbranched alkanes of at least 4 members (excludes halogenated alkanes) is 1. The Morgan fingerprint density at radius 2 is 1.16 bits per heavy atom. The molecule has 8 N–H and O–H groups in total. The van der Waals surface area contributed by atoms with Gasteiger partial charge in [0, 0.05) is 33.9 Å². The van der Waals surface area contributed by atoms with Gasteiger partial charge in [0.05, 0.1) is 0 Å². The molecule has 0 bridgehead atoms. The van der Waals surface area contributed by atoms with Gasteiger partial charge < -0.3 is 42.5 Å². The number of nitrogens with zero attached hydrogens (tertiary/aromatic N) is 2. The predicted molar refractivity (Wildman–Crippen MR) is 219 cm³/mol. The fourth-order valence-electron chi connectivity index (χ4n) is 6.61. The first-order chi connectivity index (χ1) is 26.9. The summed E-state index contributed by atoms with van der Waals surface area (Å²) >= 11 is 0. The van der Waals surface area contributed by atoms with E-state index in [1.807, 2.05) is 62.4 Å². The lowest BCUT2D eigenvalue weighted by Gasteiger charge is -2.36. The number of carbonyl (C=O) groups is 7. The lowest BCUT2D eigenvalue weighted by molar-refractivity contribution is -0.146. The second-order valence-electron chi connectivity index (χ2n) is 15.4. The van der Waals surface area contributed by atoms with E-state index >= 15 is 0 Å². The summed E-state index contributed by atoms with van der Waals surface area (Å²) < 4.78 is 0. The van der Waals surface area contributed by atoms with Gasteiger partial charge in [-0.05, 0) is 62.1 Å². The minimum atomic E-state index is -1.17. The molecule has 15 heteroatoms. The van der Waals surface area contributed by atoms with Gasteiger partial charge in [-0.25, -0.2) is 0 Å². The Morgan fingerprint density at radius 3 is 1.65 bits per heavy atom. The molecule has 0 aliphatic rings. The van der Waals surface area contributed by atoms with Crippen molar-refractivity contribution in [2.24, 2.45) is 23.3 Å². The summed E-state index contributed by atoms with van der Waals surface area (Å²) in [6, 6.07) is 11.9. The van der Waals surface area contributed by atoms with Crippen LogP contribution in [0.15, 0.2) is 60.7 Å². The van der Waals surface area contributed by atoms with Crippen LogP contribution in [-0.4, -0.2) is 108 Å². The summed E-state index contributed by atoms with van der Waals surface area (Å²) in [6.45, 7) is 10.6. The fraction of sp³-hybridized carbons (Fsp3) is 0.548. The lowest BCUT2D eigenvalue weighted by atomic mass is 9.96. The maximum absolute atomic E-state index is 14.5. The number of amides is 7. The number of hydrogen-bond donors (Lipinski definition) is 6. The third kappa shape index (κ3) is 15.6. The minimum absolute atomic E-state index is 0.0224. The molecule has 0 aromatic heterocycles. The molecule has 15 nitrogen and oxygen atoms in total. The van der Waals surface area contributed by atoms with Crippen LogP contribution < -0.4 is 32.7 Å². The van der Waals surface area contributed by atoms with E-state index in [1.54, 1.807) is 26.0 Å². The normalized spacial score (nSPS) is 14.3. The van der Waals surface area contributed by atoms with E-state index in [0.717, 1.165) is 11.1 Å². The summed E-state index contributed by atoms with van der Waals surface area (Å²) in [6.07, 6.45) is 2.02. The highest BCUT2D eigenvalue weighted by Crippen LogP contribution is 2.18. The Balaban J connectivity index is 2.47. The van der Waals surface area contributed by atoms with Crippen LogP contribution in [0.25, 0.3) is 0 Å². The number of benzene rings is 2. The molecule has 0 saturated heterocycles. The summed E-state index contributed by atoms with van der Waals surface area (Å²) in [7, 11) is 2.95. The van der Waals surface area contributed by atoms with Crippen LogP contribution in [0.1, 0.15) is 78.4 Å². The summed E-state index contributed by atoms with van der Waals surface area (Å²) in [5, 5.41) is 11.0. The van der Waals surface area contributed by atoms with Crippen molar-refractivity contribution in [1.29, 1.82) is 0 Å². The zero-order valence-electron chi connectivity index (χ0n) is 34.7. The second-order valence-corrected chi connectivity index (χ2v) is 15.4. The molecular formula is C42H64N8O7. The molecule has 2 aromatic carbocycles. The van der Waals surface area contributed by atoms with Gasteiger partial charge >= 0.3 is 0 Å². The van der Waals surface area contributed by atoms with Crippen LogP contribution >= 0.6 is 0 Å². The van der Waals surface area contributed by atoms with Gasteiger partial charge in [-0.2, -0.15) is 0 Å². The summed E-state index contributed by atoms with van der Waals surface area (Å²) in [5.74, 6) is -4.40. The van der Waals surface area contributed by atoms with Crippen molar-refractivity contribution in [1.82, 2.24) is 31.1 Å².